The number of rotatable bonds is 4. The zero-order valence-corrected chi connectivity index (χ0v) is 10.0. The normalized spacial score (nSPS) is 13.9. The SMILES string of the molecule is C=C(C)OP(=O)(O)C(=O)c1ccccc1C. The third-order valence-corrected chi connectivity index (χ3v) is 3.23. The van der Waals surface area contributed by atoms with Crippen molar-refractivity contribution in [3.8, 4) is 0 Å². The van der Waals surface area contributed by atoms with E-state index < -0.39 is 13.1 Å². The lowest BCUT2D eigenvalue weighted by Gasteiger charge is -2.12. The van der Waals surface area contributed by atoms with Crippen LogP contribution in [0.15, 0.2) is 36.6 Å². The predicted molar refractivity (Wildman–Crippen MR) is 61.2 cm³/mol. The third-order valence-electron chi connectivity index (χ3n) is 1.91. The minimum atomic E-state index is -4.33. The van der Waals surface area contributed by atoms with Crippen LogP contribution in [0.3, 0.4) is 0 Å². The molecule has 1 aromatic carbocycles. The highest BCUT2D eigenvalue weighted by Crippen LogP contribution is 2.47. The first kappa shape index (κ1) is 12.7. The van der Waals surface area contributed by atoms with Crippen LogP contribution in [0.2, 0.25) is 0 Å². The molecule has 5 heteroatoms. The van der Waals surface area contributed by atoms with Crippen molar-refractivity contribution in [2.75, 3.05) is 0 Å². The zero-order chi connectivity index (χ0) is 12.3. The van der Waals surface area contributed by atoms with E-state index >= 15 is 0 Å². The summed E-state index contributed by atoms with van der Waals surface area (Å²) < 4.78 is 16.2. The van der Waals surface area contributed by atoms with Gasteiger partial charge in [-0.25, -0.2) is 4.57 Å². The second kappa shape index (κ2) is 4.64. The Labute approximate surface area is 94.1 Å². The molecule has 1 atom stereocenters. The largest absolute Gasteiger partial charge is 0.448 e. The van der Waals surface area contributed by atoms with Gasteiger partial charge in [0.25, 0.3) is 5.52 Å². The first-order chi connectivity index (χ1) is 7.34. The minimum Gasteiger partial charge on any atom is -0.425 e. The van der Waals surface area contributed by atoms with Crippen LogP contribution in [-0.4, -0.2) is 10.4 Å². The molecule has 86 valence electrons. The standard InChI is InChI=1S/C11H13O4P/c1-8(2)15-16(13,14)11(12)10-7-5-4-6-9(10)3/h4-7H,1H2,2-3H3,(H,13,14). The number of allylic oxidation sites excluding steroid dienone is 1. The van der Waals surface area contributed by atoms with Crippen LogP contribution in [0.25, 0.3) is 0 Å². The highest BCUT2D eigenvalue weighted by atomic mass is 31.2. The summed E-state index contributed by atoms with van der Waals surface area (Å²) in [5.41, 5.74) is -0.0877. The van der Waals surface area contributed by atoms with Crippen molar-refractivity contribution < 1.29 is 18.8 Å². The zero-order valence-electron chi connectivity index (χ0n) is 9.14. The average molecular weight is 240 g/mol. The van der Waals surface area contributed by atoms with E-state index in [0.29, 0.717) is 5.56 Å². The van der Waals surface area contributed by atoms with Gasteiger partial charge in [-0.3, -0.25) is 4.79 Å². The molecule has 0 bridgehead atoms. The second-order valence-electron chi connectivity index (χ2n) is 3.43. The summed E-state index contributed by atoms with van der Waals surface area (Å²) in [6.07, 6.45) is 0. The molecule has 0 aromatic heterocycles. The lowest BCUT2D eigenvalue weighted by atomic mass is 10.1. The smallest absolute Gasteiger partial charge is 0.425 e. The van der Waals surface area contributed by atoms with Crippen LogP contribution in [0, 0.1) is 6.92 Å². The summed E-state index contributed by atoms with van der Waals surface area (Å²) in [4.78, 5) is 21.2. The Bertz CT molecular complexity index is 479. The monoisotopic (exact) mass is 240 g/mol. The van der Waals surface area contributed by atoms with E-state index in [4.69, 9.17) is 0 Å². The van der Waals surface area contributed by atoms with Crippen molar-refractivity contribution in [3.63, 3.8) is 0 Å². The molecule has 1 unspecified atom stereocenters. The number of hydrogen-bond donors (Lipinski definition) is 1. The number of aryl methyl sites for hydroxylation is 1. The lowest BCUT2D eigenvalue weighted by Crippen LogP contribution is -2.04. The maximum Gasteiger partial charge on any atom is 0.448 e. The van der Waals surface area contributed by atoms with Crippen molar-refractivity contribution in [3.05, 3.63) is 47.7 Å². The Hall–Kier alpha value is -1.38. The Morgan fingerprint density at radius 2 is 2.00 bits per heavy atom. The fourth-order valence-electron chi connectivity index (χ4n) is 1.22. The molecule has 0 aliphatic carbocycles. The molecule has 1 rings (SSSR count). The van der Waals surface area contributed by atoms with Crippen LogP contribution in [0.5, 0.6) is 0 Å². The molecule has 16 heavy (non-hydrogen) atoms. The van der Waals surface area contributed by atoms with E-state index in [-0.39, 0.29) is 11.3 Å². The predicted octanol–water partition coefficient (Wildman–Crippen LogP) is 2.87. The van der Waals surface area contributed by atoms with Gasteiger partial charge in [0.1, 0.15) is 0 Å². The summed E-state index contributed by atoms with van der Waals surface area (Å²) in [7, 11) is -4.33. The van der Waals surface area contributed by atoms with Crippen molar-refractivity contribution in [2.24, 2.45) is 0 Å². The molecule has 4 nitrogen and oxygen atoms in total. The van der Waals surface area contributed by atoms with E-state index in [2.05, 4.69) is 11.1 Å². The number of carbonyl (C=O) groups is 1. The molecule has 0 aliphatic rings. The molecule has 0 fully saturated rings. The molecular weight excluding hydrogens is 227 g/mol. The molecule has 0 saturated heterocycles. The molecular formula is C11H13O4P. The van der Waals surface area contributed by atoms with E-state index in [1.165, 1.54) is 13.0 Å². The van der Waals surface area contributed by atoms with Gasteiger partial charge in [0.05, 0.1) is 5.76 Å². The Kier molecular flexibility index (Phi) is 3.68. The van der Waals surface area contributed by atoms with Crippen LogP contribution < -0.4 is 0 Å². The summed E-state index contributed by atoms with van der Waals surface area (Å²) in [5, 5.41) is 0. The fraction of sp³-hybridized carbons (Fsp3) is 0.182. The van der Waals surface area contributed by atoms with E-state index in [9.17, 15) is 14.3 Å². The van der Waals surface area contributed by atoms with Crippen LogP contribution in [-0.2, 0) is 9.09 Å². The van der Waals surface area contributed by atoms with Crippen LogP contribution in [0.1, 0.15) is 22.8 Å². The lowest BCUT2D eigenvalue weighted by molar-refractivity contribution is 0.103. The average Bonchev–Trinajstić information content (AvgIpc) is 2.15. The topological polar surface area (TPSA) is 63.6 Å². The van der Waals surface area contributed by atoms with Crippen molar-refractivity contribution in [2.45, 2.75) is 13.8 Å². The molecule has 0 amide bonds. The number of hydrogen-bond acceptors (Lipinski definition) is 3. The summed E-state index contributed by atoms with van der Waals surface area (Å²) >= 11 is 0. The summed E-state index contributed by atoms with van der Waals surface area (Å²) in [5.74, 6) is 0.0350. The fourth-order valence-corrected chi connectivity index (χ4v) is 2.28. The van der Waals surface area contributed by atoms with Crippen molar-refractivity contribution in [1.82, 2.24) is 0 Å². The van der Waals surface area contributed by atoms with Crippen LogP contribution >= 0.6 is 7.60 Å². The molecule has 0 spiro atoms. The first-order valence-electron chi connectivity index (χ1n) is 4.63. The molecule has 0 radical (unpaired) electrons. The Morgan fingerprint density at radius 1 is 1.44 bits per heavy atom. The van der Waals surface area contributed by atoms with Gasteiger partial charge in [-0.2, -0.15) is 0 Å². The van der Waals surface area contributed by atoms with Gasteiger partial charge < -0.3 is 9.42 Å². The van der Waals surface area contributed by atoms with E-state index in [1.54, 1.807) is 25.1 Å². The second-order valence-corrected chi connectivity index (χ2v) is 5.06. The number of benzene rings is 1. The van der Waals surface area contributed by atoms with Gasteiger partial charge in [0.15, 0.2) is 0 Å². The quantitative estimate of drug-likeness (QED) is 0.649. The maximum atomic E-state index is 11.7. The van der Waals surface area contributed by atoms with E-state index in [0.717, 1.165) is 0 Å². The van der Waals surface area contributed by atoms with Gasteiger partial charge in [0, 0.05) is 5.56 Å². The Morgan fingerprint density at radius 3 is 2.50 bits per heavy atom. The summed E-state index contributed by atoms with van der Waals surface area (Å²) in [6.45, 7) is 6.43. The van der Waals surface area contributed by atoms with Gasteiger partial charge in [-0.1, -0.05) is 30.8 Å². The molecule has 0 saturated carbocycles. The molecule has 1 N–H and O–H groups in total. The minimum absolute atomic E-state index is 0.0350. The van der Waals surface area contributed by atoms with Gasteiger partial charge in [0.2, 0.25) is 0 Å². The highest BCUT2D eigenvalue weighted by Gasteiger charge is 2.33. The maximum absolute atomic E-state index is 11.7. The van der Waals surface area contributed by atoms with E-state index in [1.807, 2.05) is 0 Å². The molecule has 1 aromatic rings. The Balaban J connectivity index is 3.08. The molecule has 0 aliphatic heterocycles. The van der Waals surface area contributed by atoms with Crippen molar-refractivity contribution >= 4 is 13.1 Å². The van der Waals surface area contributed by atoms with Crippen LogP contribution in [0.4, 0.5) is 0 Å². The molecule has 0 heterocycles. The third kappa shape index (κ3) is 2.81. The number of carbonyl (C=O) groups excluding carboxylic acids is 1. The first-order valence-corrected chi connectivity index (χ1v) is 6.21. The van der Waals surface area contributed by atoms with Gasteiger partial charge in [-0.05, 0) is 19.4 Å². The highest BCUT2D eigenvalue weighted by molar-refractivity contribution is 7.71. The summed E-state index contributed by atoms with van der Waals surface area (Å²) in [6, 6.07) is 6.55. The van der Waals surface area contributed by atoms with Gasteiger partial charge in [-0.15, -0.1) is 0 Å². The van der Waals surface area contributed by atoms with Crippen molar-refractivity contribution in [1.29, 1.82) is 0 Å². The van der Waals surface area contributed by atoms with Gasteiger partial charge >= 0.3 is 7.60 Å².